The van der Waals surface area contributed by atoms with Crippen LogP contribution in [-0.2, 0) is 4.79 Å². The van der Waals surface area contributed by atoms with Crippen LogP contribution in [0.1, 0.15) is 20.3 Å². The summed E-state index contributed by atoms with van der Waals surface area (Å²) in [5.74, 6) is 0.571. The molecule has 15 heavy (non-hydrogen) atoms. The van der Waals surface area contributed by atoms with Crippen molar-refractivity contribution in [1.29, 1.82) is 0 Å². The van der Waals surface area contributed by atoms with E-state index in [2.05, 4.69) is 19.3 Å². The minimum absolute atomic E-state index is 0.109. The first-order valence-corrected chi connectivity index (χ1v) is 5.32. The van der Waals surface area contributed by atoms with Crippen LogP contribution in [0.3, 0.4) is 0 Å². The summed E-state index contributed by atoms with van der Waals surface area (Å²) in [7, 11) is 0. The van der Waals surface area contributed by atoms with Crippen molar-refractivity contribution >= 4 is 11.6 Å². The van der Waals surface area contributed by atoms with Gasteiger partial charge in [0.05, 0.1) is 18.2 Å². The molecule has 1 aliphatic rings. The molecular weight excluding hydrogens is 188 g/mol. The largest absolute Gasteiger partial charge is 0.282 e. The number of carbonyl (C=O) groups excluding carboxylic acids is 1. The fraction of sp³-hybridized carbons (Fsp3) is 0.417. The maximum atomic E-state index is 11.4. The Labute approximate surface area is 90.1 Å². The van der Waals surface area contributed by atoms with E-state index in [1.54, 1.807) is 0 Å². The lowest BCUT2D eigenvalue weighted by atomic mass is 10.0. The third-order valence-electron chi connectivity index (χ3n) is 2.78. The van der Waals surface area contributed by atoms with Crippen molar-refractivity contribution in [2.75, 3.05) is 5.01 Å². The first-order chi connectivity index (χ1) is 7.18. The number of amides is 1. The molecule has 1 N–H and O–H groups in total. The minimum atomic E-state index is 0.109. The average molecular weight is 204 g/mol. The predicted molar refractivity (Wildman–Crippen MR) is 60.3 cm³/mol. The molecule has 0 aliphatic carbocycles. The number of para-hydroxylation sites is 1. The SMILES string of the molecule is CC(C)C1CC(=O)NN1c1ccccc1. The van der Waals surface area contributed by atoms with Gasteiger partial charge in [0.2, 0.25) is 5.91 Å². The molecule has 1 heterocycles. The number of nitrogens with zero attached hydrogens (tertiary/aromatic N) is 1. The third-order valence-corrected chi connectivity index (χ3v) is 2.78. The van der Waals surface area contributed by atoms with Gasteiger partial charge in [-0.05, 0) is 18.1 Å². The second kappa shape index (κ2) is 3.93. The Morgan fingerprint density at radius 1 is 1.33 bits per heavy atom. The highest BCUT2D eigenvalue weighted by atomic mass is 16.2. The van der Waals surface area contributed by atoms with Crippen molar-refractivity contribution in [2.24, 2.45) is 5.92 Å². The van der Waals surface area contributed by atoms with Crippen LogP contribution in [0.2, 0.25) is 0 Å². The second-order valence-electron chi connectivity index (χ2n) is 4.26. The molecule has 80 valence electrons. The molecule has 1 aromatic rings. The zero-order valence-electron chi connectivity index (χ0n) is 9.10. The van der Waals surface area contributed by atoms with E-state index in [0.29, 0.717) is 12.3 Å². The van der Waals surface area contributed by atoms with Gasteiger partial charge in [0, 0.05) is 0 Å². The van der Waals surface area contributed by atoms with Gasteiger partial charge >= 0.3 is 0 Å². The van der Waals surface area contributed by atoms with Crippen LogP contribution in [0.5, 0.6) is 0 Å². The molecule has 1 fully saturated rings. The molecule has 0 bridgehead atoms. The lowest BCUT2D eigenvalue weighted by Gasteiger charge is -2.27. The lowest BCUT2D eigenvalue weighted by molar-refractivity contribution is -0.119. The Morgan fingerprint density at radius 3 is 2.60 bits per heavy atom. The van der Waals surface area contributed by atoms with E-state index in [1.807, 2.05) is 35.3 Å². The Balaban J connectivity index is 2.24. The number of hydrazine groups is 1. The van der Waals surface area contributed by atoms with Gasteiger partial charge in [-0.25, -0.2) is 0 Å². The summed E-state index contributed by atoms with van der Waals surface area (Å²) in [5.41, 5.74) is 3.95. The minimum Gasteiger partial charge on any atom is -0.282 e. The smallest absolute Gasteiger partial charge is 0.240 e. The van der Waals surface area contributed by atoms with E-state index in [-0.39, 0.29) is 11.9 Å². The van der Waals surface area contributed by atoms with Crippen LogP contribution in [0.15, 0.2) is 30.3 Å². The third kappa shape index (κ3) is 1.96. The number of nitrogens with one attached hydrogen (secondary N) is 1. The molecule has 0 radical (unpaired) electrons. The van der Waals surface area contributed by atoms with Gasteiger partial charge in [-0.3, -0.25) is 15.2 Å². The monoisotopic (exact) mass is 204 g/mol. The summed E-state index contributed by atoms with van der Waals surface area (Å²) in [6.07, 6.45) is 0.590. The van der Waals surface area contributed by atoms with E-state index < -0.39 is 0 Å². The molecule has 1 saturated heterocycles. The first kappa shape index (κ1) is 10.0. The maximum Gasteiger partial charge on any atom is 0.240 e. The highest BCUT2D eigenvalue weighted by Gasteiger charge is 2.32. The molecule has 2 rings (SSSR count). The van der Waals surface area contributed by atoms with Gasteiger partial charge in [0.1, 0.15) is 0 Å². The quantitative estimate of drug-likeness (QED) is 0.798. The van der Waals surface area contributed by atoms with Crippen LogP contribution in [0, 0.1) is 5.92 Å². The highest BCUT2D eigenvalue weighted by Crippen LogP contribution is 2.24. The predicted octanol–water partition coefficient (Wildman–Crippen LogP) is 1.95. The van der Waals surface area contributed by atoms with Crippen molar-refractivity contribution in [1.82, 2.24) is 5.43 Å². The Bertz CT molecular complexity index is 348. The van der Waals surface area contributed by atoms with Gasteiger partial charge < -0.3 is 0 Å². The standard InChI is InChI=1S/C12H16N2O/c1-9(2)11-8-12(15)13-14(11)10-6-4-3-5-7-10/h3-7,9,11H,8H2,1-2H3,(H,13,15). The van der Waals surface area contributed by atoms with Gasteiger partial charge in [-0.15, -0.1) is 0 Å². The summed E-state index contributed by atoms with van der Waals surface area (Å²) in [4.78, 5) is 11.4. The number of carbonyl (C=O) groups is 1. The molecule has 1 amide bonds. The van der Waals surface area contributed by atoms with E-state index in [9.17, 15) is 4.79 Å². The Kier molecular flexibility index (Phi) is 2.62. The van der Waals surface area contributed by atoms with Crippen molar-refractivity contribution in [2.45, 2.75) is 26.3 Å². The molecular formula is C12H16N2O. The van der Waals surface area contributed by atoms with Gasteiger partial charge in [-0.2, -0.15) is 0 Å². The fourth-order valence-corrected chi connectivity index (χ4v) is 1.92. The molecule has 0 aromatic heterocycles. The van der Waals surface area contributed by atoms with Gasteiger partial charge in [-0.1, -0.05) is 32.0 Å². The van der Waals surface area contributed by atoms with Crippen molar-refractivity contribution in [3.63, 3.8) is 0 Å². The average Bonchev–Trinajstić information content (AvgIpc) is 2.62. The molecule has 0 spiro atoms. The number of benzene rings is 1. The van der Waals surface area contributed by atoms with Crippen LogP contribution in [0.4, 0.5) is 5.69 Å². The molecule has 1 atom stereocenters. The summed E-state index contributed by atoms with van der Waals surface area (Å²) in [5, 5.41) is 1.98. The summed E-state index contributed by atoms with van der Waals surface area (Å²) in [6.45, 7) is 4.28. The first-order valence-electron chi connectivity index (χ1n) is 5.32. The van der Waals surface area contributed by atoms with Crippen molar-refractivity contribution in [3.8, 4) is 0 Å². The van der Waals surface area contributed by atoms with Crippen LogP contribution < -0.4 is 10.4 Å². The van der Waals surface area contributed by atoms with Crippen LogP contribution in [-0.4, -0.2) is 11.9 Å². The number of anilines is 1. The van der Waals surface area contributed by atoms with E-state index in [0.717, 1.165) is 5.69 Å². The zero-order valence-corrected chi connectivity index (χ0v) is 9.10. The van der Waals surface area contributed by atoms with Crippen LogP contribution >= 0.6 is 0 Å². The highest BCUT2D eigenvalue weighted by molar-refractivity contribution is 5.82. The van der Waals surface area contributed by atoms with E-state index in [4.69, 9.17) is 0 Å². The van der Waals surface area contributed by atoms with E-state index in [1.165, 1.54) is 0 Å². The number of rotatable bonds is 2. The molecule has 1 unspecified atom stereocenters. The van der Waals surface area contributed by atoms with Crippen molar-refractivity contribution in [3.05, 3.63) is 30.3 Å². The topological polar surface area (TPSA) is 32.3 Å². The van der Waals surface area contributed by atoms with Crippen molar-refractivity contribution < 1.29 is 4.79 Å². The number of hydrogen-bond donors (Lipinski definition) is 1. The molecule has 1 aliphatic heterocycles. The number of hydrogen-bond acceptors (Lipinski definition) is 2. The maximum absolute atomic E-state index is 11.4. The summed E-state index contributed by atoms with van der Waals surface area (Å²) in [6, 6.07) is 10.2. The lowest BCUT2D eigenvalue weighted by Crippen LogP contribution is -2.40. The molecule has 3 heteroatoms. The normalized spacial score (nSPS) is 20.9. The van der Waals surface area contributed by atoms with Crippen LogP contribution in [0.25, 0.3) is 0 Å². The summed E-state index contributed by atoms with van der Waals surface area (Å²) >= 11 is 0. The van der Waals surface area contributed by atoms with E-state index >= 15 is 0 Å². The zero-order chi connectivity index (χ0) is 10.8. The Morgan fingerprint density at radius 2 is 2.00 bits per heavy atom. The Hall–Kier alpha value is -1.51. The second-order valence-corrected chi connectivity index (χ2v) is 4.26. The van der Waals surface area contributed by atoms with Gasteiger partial charge in [0.25, 0.3) is 0 Å². The fourth-order valence-electron chi connectivity index (χ4n) is 1.92. The molecule has 0 saturated carbocycles. The molecule has 1 aromatic carbocycles. The van der Waals surface area contributed by atoms with Gasteiger partial charge in [0.15, 0.2) is 0 Å². The molecule has 3 nitrogen and oxygen atoms in total. The summed E-state index contributed by atoms with van der Waals surface area (Å²) < 4.78 is 0.